The highest BCUT2D eigenvalue weighted by Gasteiger charge is 2.52. The van der Waals surface area contributed by atoms with Gasteiger partial charge in [0.15, 0.2) is 0 Å². The molecule has 73 heavy (non-hydrogen) atoms. The fraction of sp³-hybridized carbons (Fsp3) is 0.0714. The Morgan fingerprint density at radius 2 is 0.918 bits per heavy atom. The molecule has 0 aliphatic heterocycles. The third kappa shape index (κ3) is 6.69. The van der Waals surface area contributed by atoms with Crippen molar-refractivity contribution in [2.24, 2.45) is 0 Å². The van der Waals surface area contributed by atoms with Crippen molar-refractivity contribution in [2.45, 2.75) is 31.6 Å². The lowest BCUT2D eigenvalue weighted by atomic mass is 9.70. The molecule has 3 nitrogen and oxygen atoms in total. The van der Waals surface area contributed by atoms with E-state index in [-0.39, 0.29) is 5.41 Å². The van der Waals surface area contributed by atoms with Gasteiger partial charge in [0.25, 0.3) is 0 Å². The molecule has 2 aliphatic rings. The van der Waals surface area contributed by atoms with Crippen LogP contribution >= 0.6 is 0 Å². The van der Waals surface area contributed by atoms with Crippen molar-refractivity contribution in [3.63, 3.8) is 0 Å². The SMILES string of the molecule is CC(C)(C)c1ccc(-c2cc(N(c3ccc(-c4ccccc4)cc3)c3ccc(-c4ccc5c(c4)C4(c6ccccc6-c6ccccc64)c4cccnc4-5)cc3)ccc2-c2cccc3c2oc2ccccc23)cc1. The lowest BCUT2D eigenvalue weighted by molar-refractivity contribution is 0.590. The Kier molecular flexibility index (Phi) is 9.68. The molecule has 2 aliphatic carbocycles. The Balaban J connectivity index is 0.921. The van der Waals surface area contributed by atoms with Gasteiger partial charge in [0.2, 0.25) is 0 Å². The molecular weight excluding hydrogens is 885 g/mol. The van der Waals surface area contributed by atoms with Crippen molar-refractivity contribution < 1.29 is 4.42 Å². The minimum absolute atomic E-state index is 0.0225. The van der Waals surface area contributed by atoms with Crippen LogP contribution in [0.2, 0.25) is 0 Å². The van der Waals surface area contributed by atoms with Gasteiger partial charge < -0.3 is 9.32 Å². The molecule has 2 heterocycles. The molecule has 0 radical (unpaired) electrons. The van der Waals surface area contributed by atoms with E-state index in [1.54, 1.807) is 0 Å². The number of hydrogen-bond donors (Lipinski definition) is 0. The Hall–Kier alpha value is -9.05. The first kappa shape index (κ1) is 42.8. The van der Waals surface area contributed by atoms with Crippen LogP contribution in [0.4, 0.5) is 17.1 Å². The average molecular weight is 935 g/mol. The zero-order valence-electron chi connectivity index (χ0n) is 41.0. The summed E-state index contributed by atoms with van der Waals surface area (Å²) in [5.41, 5.74) is 25.0. The summed E-state index contributed by atoms with van der Waals surface area (Å²) in [6, 6.07) is 88.9. The number of rotatable bonds is 7. The normalized spacial score (nSPS) is 13.0. The molecule has 0 amide bonds. The summed E-state index contributed by atoms with van der Waals surface area (Å²) < 4.78 is 6.69. The van der Waals surface area contributed by atoms with Crippen LogP contribution in [-0.2, 0) is 10.8 Å². The van der Waals surface area contributed by atoms with Gasteiger partial charge in [-0.2, -0.15) is 0 Å². The van der Waals surface area contributed by atoms with E-state index >= 15 is 0 Å². The molecule has 0 fully saturated rings. The molecule has 2 aromatic heterocycles. The lowest BCUT2D eigenvalue weighted by Gasteiger charge is -2.30. The summed E-state index contributed by atoms with van der Waals surface area (Å²) in [7, 11) is 0. The number of aromatic nitrogens is 1. The van der Waals surface area contributed by atoms with Crippen molar-refractivity contribution >= 4 is 39.0 Å². The van der Waals surface area contributed by atoms with Crippen LogP contribution in [-0.4, -0.2) is 4.98 Å². The molecule has 0 bridgehead atoms. The summed E-state index contributed by atoms with van der Waals surface area (Å²) >= 11 is 0. The second-order valence-corrected chi connectivity index (χ2v) is 20.6. The monoisotopic (exact) mass is 934 g/mol. The summed E-state index contributed by atoms with van der Waals surface area (Å²) in [4.78, 5) is 7.44. The molecule has 14 rings (SSSR count). The second-order valence-electron chi connectivity index (χ2n) is 20.6. The highest BCUT2D eigenvalue weighted by atomic mass is 16.3. The number of anilines is 3. The third-order valence-corrected chi connectivity index (χ3v) is 15.6. The number of pyridine rings is 1. The van der Waals surface area contributed by atoms with E-state index in [0.29, 0.717) is 0 Å². The van der Waals surface area contributed by atoms with Gasteiger partial charge in [0, 0.05) is 45.2 Å². The van der Waals surface area contributed by atoms with Gasteiger partial charge >= 0.3 is 0 Å². The van der Waals surface area contributed by atoms with Gasteiger partial charge in [0.05, 0.1) is 11.1 Å². The van der Waals surface area contributed by atoms with E-state index < -0.39 is 5.41 Å². The minimum atomic E-state index is -0.461. The van der Waals surface area contributed by atoms with Crippen molar-refractivity contribution in [3.05, 3.63) is 277 Å². The first-order chi connectivity index (χ1) is 35.8. The molecule has 1 spiro atoms. The molecule has 0 saturated carbocycles. The molecule has 0 N–H and O–H groups in total. The summed E-state index contributed by atoms with van der Waals surface area (Å²) in [5.74, 6) is 0. The Labute approximate surface area is 426 Å². The largest absolute Gasteiger partial charge is 0.455 e. The molecule has 12 aromatic rings. The van der Waals surface area contributed by atoms with Crippen molar-refractivity contribution in [1.29, 1.82) is 0 Å². The number of fused-ring (bicyclic) bond motifs is 13. The zero-order chi connectivity index (χ0) is 48.8. The Morgan fingerprint density at radius 3 is 1.63 bits per heavy atom. The van der Waals surface area contributed by atoms with E-state index in [1.165, 1.54) is 61.2 Å². The van der Waals surface area contributed by atoms with Crippen LogP contribution in [0.3, 0.4) is 0 Å². The molecule has 0 atom stereocenters. The maximum atomic E-state index is 6.69. The highest BCUT2D eigenvalue weighted by molar-refractivity contribution is 6.11. The fourth-order valence-electron chi connectivity index (χ4n) is 12.1. The van der Waals surface area contributed by atoms with Crippen molar-refractivity contribution in [1.82, 2.24) is 4.98 Å². The molecule has 346 valence electrons. The van der Waals surface area contributed by atoms with Crippen LogP contribution in [0.1, 0.15) is 48.6 Å². The number of nitrogens with zero attached hydrogens (tertiary/aromatic N) is 2. The van der Waals surface area contributed by atoms with Gasteiger partial charge in [-0.05, 0) is 138 Å². The van der Waals surface area contributed by atoms with Gasteiger partial charge in [-0.25, -0.2) is 0 Å². The summed E-state index contributed by atoms with van der Waals surface area (Å²) in [6.45, 7) is 6.81. The highest BCUT2D eigenvalue weighted by Crippen LogP contribution is 2.62. The minimum Gasteiger partial charge on any atom is -0.455 e. The van der Waals surface area contributed by atoms with E-state index in [2.05, 4.69) is 262 Å². The maximum absolute atomic E-state index is 6.69. The third-order valence-electron chi connectivity index (χ3n) is 15.6. The fourth-order valence-corrected chi connectivity index (χ4v) is 12.1. The van der Waals surface area contributed by atoms with Gasteiger partial charge in [-0.15, -0.1) is 0 Å². The van der Waals surface area contributed by atoms with Crippen molar-refractivity contribution in [2.75, 3.05) is 4.90 Å². The predicted octanol–water partition coefficient (Wildman–Crippen LogP) is 18.8. The van der Waals surface area contributed by atoms with Crippen molar-refractivity contribution in [3.8, 4) is 66.9 Å². The molecule has 0 saturated heterocycles. The smallest absolute Gasteiger partial charge is 0.143 e. The van der Waals surface area contributed by atoms with Gasteiger partial charge in [-0.3, -0.25) is 4.98 Å². The van der Waals surface area contributed by atoms with Gasteiger partial charge in [-0.1, -0.05) is 209 Å². The standard InChI is InChI=1S/C70H50N2O/c1-69(2,3)50-33-26-48(27-34-50)61-44-53(39-41-54(61)58-20-13-21-59-57-19-9-12-25-66(57)73-68(58)59)72(51-35-28-46(29-36-51)45-15-5-4-6-16-45)52-37-30-47(31-38-52)49-32-40-60-65(43-49)70(64-24-14-42-71-67(60)64)62-22-10-7-17-55(62)56-18-8-11-23-63(56)70/h4-44H,1-3H3. The Bertz CT molecular complexity index is 4040. The summed E-state index contributed by atoms with van der Waals surface area (Å²) in [5, 5.41) is 2.24. The van der Waals surface area contributed by atoms with Crippen LogP contribution in [0, 0.1) is 0 Å². The topological polar surface area (TPSA) is 29.3 Å². The number of hydrogen-bond acceptors (Lipinski definition) is 3. The van der Waals surface area contributed by atoms with Gasteiger partial charge in [0.1, 0.15) is 11.2 Å². The second kappa shape index (κ2) is 16.5. The van der Waals surface area contributed by atoms with E-state index in [9.17, 15) is 0 Å². The molecule has 0 unspecified atom stereocenters. The number of para-hydroxylation sites is 2. The molecule has 10 aromatic carbocycles. The number of benzene rings is 10. The summed E-state index contributed by atoms with van der Waals surface area (Å²) in [6.07, 6.45) is 1.93. The predicted molar refractivity (Wildman–Crippen MR) is 303 cm³/mol. The van der Waals surface area contributed by atoms with Crippen LogP contribution in [0.5, 0.6) is 0 Å². The Morgan fingerprint density at radius 1 is 0.370 bits per heavy atom. The zero-order valence-corrected chi connectivity index (χ0v) is 41.0. The first-order valence-corrected chi connectivity index (χ1v) is 25.3. The van der Waals surface area contributed by atoms with E-state index in [4.69, 9.17) is 9.40 Å². The maximum Gasteiger partial charge on any atom is 0.143 e. The van der Waals surface area contributed by atoms with Crippen LogP contribution < -0.4 is 4.90 Å². The molecule has 3 heteroatoms. The number of furan rings is 1. The first-order valence-electron chi connectivity index (χ1n) is 25.3. The van der Waals surface area contributed by atoms with Crippen LogP contribution in [0.25, 0.3) is 88.8 Å². The van der Waals surface area contributed by atoms with Crippen LogP contribution in [0.15, 0.2) is 253 Å². The lowest BCUT2D eigenvalue weighted by Crippen LogP contribution is -2.25. The van der Waals surface area contributed by atoms with E-state index in [0.717, 1.165) is 72.5 Å². The quantitative estimate of drug-likeness (QED) is 0.159. The molecular formula is C70H50N2O. The van der Waals surface area contributed by atoms with E-state index in [1.807, 2.05) is 12.3 Å². The average Bonchev–Trinajstić information content (AvgIpc) is 4.08.